The third kappa shape index (κ3) is 2.48. The van der Waals surface area contributed by atoms with E-state index in [2.05, 4.69) is 13.0 Å². The summed E-state index contributed by atoms with van der Waals surface area (Å²) in [5, 5.41) is 8.77. The van der Waals surface area contributed by atoms with Crippen LogP contribution in [0.4, 0.5) is 0 Å². The standard InChI is InChI=1S/C11H13NO/c1-3-9(2)13-11-7-5-4-6-10(11)8-12/h4-7,9H,3H2,1-2H3. The van der Waals surface area contributed by atoms with Crippen LogP contribution < -0.4 is 4.74 Å². The predicted molar refractivity (Wildman–Crippen MR) is 51.5 cm³/mol. The fraction of sp³-hybridized carbons (Fsp3) is 0.364. The maximum absolute atomic E-state index is 8.77. The lowest BCUT2D eigenvalue weighted by Gasteiger charge is -2.12. The second kappa shape index (κ2) is 4.51. The van der Waals surface area contributed by atoms with Gasteiger partial charge >= 0.3 is 0 Å². The molecule has 0 amide bonds. The summed E-state index contributed by atoms with van der Waals surface area (Å²) in [7, 11) is 0. The number of rotatable bonds is 3. The van der Waals surface area contributed by atoms with Crippen LogP contribution in [-0.2, 0) is 0 Å². The van der Waals surface area contributed by atoms with Gasteiger partial charge in [-0.05, 0) is 25.5 Å². The Kier molecular flexibility index (Phi) is 3.33. The van der Waals surface area contributed by atoms with Crippen molar-refractivity contribution in [2.24, 2.45) is 0 Å². The summed E-state index contributed by atoms with van der Waals surface area (Å²) >= 11 is 0. The number of ether oxygens (including phenoxy) is 1. The Morgan fingerprint density at radius 2 is 2.15 bits per heavy atom. The van der Waals surface area contributed by atoms with Gasteiger partial charge in [0.1, 0.15) is 11.8 Å². The minimum absolute atomic E-state index is 0.162. The van der Waals surface area contributed by atoms with E-state index in [9.17, 15) is 0 Å². The van der Waals surface area contributed by atoms with Crippen LogP contribution >= 0.6 is 0 Å². The molecular formula is C11H13NO. The number of hydrogen-bond donors (Lipinski definition) is 0. The van der Waals surface area contributed by atoms with Gasteiger partial charge in [0.15, 0.2) is 0 Å². The van der Waals surface area contributed by atoms with E-state index < -0.39 is 0 Å². The quantitative estimate of drug-likeness (QED) is 0.707. The maximum atomic E-state index is 8.77. The maximum Gasteiger partial charge on any atom is 0.137 e. The molecule has 0 spiro atoms. The van der Waals surface area contributed by atoms with Crippen molar-refractivity contribution in [1.29, 1.82) is 5.26 Å². The van der Waals surface area contributed by atoms with Crippen LogP contribution in [0, 0.1) is 11.3 Å². The SMILES string of the molecule is CCC(C)Oc1ccccc1C#N. The average Bonchev–Trinajstić information content (AvgIpc) is 2.18. The summed E-state index contributed by atoms with van der Waals surface area (Å²) < 4.78 is 5.56. The lowest BCUT2D eigenvalue weighted by atomic mass is 10.2. The highest BCUT2D eigenvalue weighted by molar-refractivity contribution is 5.42. The predicted octanol–water partition coefficient (Wildman–Crippen LogP) is 2.74. The van der Waals surface area contributed by atoms with Crippen molar-refractivity contribution >= 4 is 0 Å². The van der Waals surface area contributed by atoms with Gasteiger partial charge in [-0.25, -0.2) is 0 Å². The number of nitriles is 1. The normalized spacial score (nSPS) is 11.8. The molecule has 0 bridgehead atoms. The zero-order valence-electron chi connectivity index (χ0n) is 7.95. The van der Waals surface area contributed by atoms with Crippen LogP contribution in [-0.4, -0.2) is 6.10 Å². The molecule has 0 aromatic heterocycles. The summed E-state index contributed by atoms with van der Waals surface area (Å²) in [6, 6.07) is 9.39. The van der Waals surface area contributed by atoms with Crippen molar-refractivity contribution in [2.45, 2.75) is 26.4 Å². The van der Waals surface area contributed by atoms with E-state index in [-0.39, 0.29) is 6.10 Å². The summed E-state index contributed by atoms with van der Waals surface area (Å²) in [5.74, 6) is 0.680. The van der Waals surface area contributed by atoms with E-state index in [0.717, 1.165) is 6.42 Å². The first kappa shape index (κ1) is 9.60. The topological polar surface area (TPSA) is 33.0 Å². The van der Waals surface area contributed by atoms with E-state index in [0.29, 0.717) is 11.3 Å². The van der Waals surface area contributed by atoms with Crippen molar-refractivity contribution in [3.63, 3.8) is 0 Å². The lowest BCUT2D eigenvalue weighted by molar-refractivity contribution is 0.217. The molecule has 2 heteroatoms. The third-order valence-electron chi connectivity index (χ3n) is 1.91. The molecule has 0 saturated heterocycles. The molecule has 0 fully saturated rings. The zero-order valence-corrected chi connectivity index (χ0v) is 7.95. The molecule has 0 N–H and O–H groups in total. The number of hydrogen-bond acceptors (Lipinski definition) is 2. The minimum atomic E-state index is 0.162. The largest absolute Gasteiger partial charge is 0.489 e. The molecule has 2 nitrogen and oxygen atoms in total. The number of nitrogens with zero attached hydrogens (tertiary/aromatic N) is 1. The molecule has 1 aromatic rings. The van der Waals surface area contributed by atoms with Gasteiger partial charge < -0.3 is 4.74 Å². The Balaban J connectivity index is 2.82. The highest BCUT2D eigenvalue weighted by Crippen LogP contribution is 2.18. The van der Waals surface area contributed by atoms with Crippen molar-refractivity contribution in [1.82, 2.24) is 0 Å². The van der Waals surface area contributed by atoms with Gasteiger partial charge in [-0.2, -0.15) is 5.26 Å². The highest BCUT2D eigenvalue weighted by atomic mass is 16.5. The van der Waals surface area contributed by atoms with Gasteiger partial charge in [0.25, 0.3) is 0 Å². The van der Waals surface area contributed by atoms with E-state index >= 15 is 0 Å². The van der Waals surface area contributed by atoms with Gasteiger partial charge in [-0.1, -0.05) is 19.1 Å². The minimum Gasteiger partial charge on any atom is -0.489 e. The molecule has 0 aliphatic heterocycles. The Bertz CT molecular complexity index is 314. The molecule has 1 unspecified atom stereocenters. The Morgan fingerprint density at radius 3 is 2.77 bits per heavy atom. The van der Waals surface area contributed by atoms with Gasteiger partial charge in [0.2, 0.25) is 0 Å². The monoisotopic (exact) mass is 175 g/mol. The van der Waals surface area contributed by atoms with E-state index in [1.807, 2.05) is 25.1 Å². The molecule has 1 atom stereocenters. The summed E-state index contributed by atoms with van der Waals surface area (Å²) in [5.41, 5.74) is 0.600. The molecule has 0 saturated carbocycles. The van der Waals surface area contributed by atoms with Crippen molar-refractivity contribution < 1.29 is 4.74 Å². The average molecular weight is 175 g/mol. The second-order valence-corrected chi connectivity index (χ2v) is 2.94. The third-order valence-corrected chi connectivity index (χ3v) is 1.91. The highest BCUT2D eigenvalue weighted by Gasteiger charge is 2.04. The van der Waals surface area contributed by atoms with Gasteiger partial charge in [-0.3, -0.25) is 0 Å². The van der Waals surface area contributed by atoms with Crippen LogP contribution in [0.25, 0.3) is 0 Å². The number of benzene rings is 1. The van der Waals surface area contributed by atoms with Gasteiger partial charge in [0.05, 0.1) is 11.7 Å². The molecule has 13 heavy (non-hydrogen) atoms. The first-order valence-corrected chi connectivity index (χ1v) is 4.43. The Labute approximate surface area is 78.8 Å². The van der Waals surface area contributed by atoms with Crippen LogP contribution in [0.3, 0.4) is 0 Å². The zero-order chi connectivity index (χ0) is 9.68. The second-order valence-electron chi connectivity index (χ2n) is 2.94. The lowest BCUT2D eigenvalue weighted by Crippen LogP contribution is -2.10. The van der Waals surface area contributed by atoms with Crippen LogP contribution in [0.1, 0.15) is 25.8 Å². The number of para-hydroxylation sites is 1. The molecule has 1 aromatic carbocycles. The fourth-order valence-corrected chi connectivity index (χ4v) is 0.962. The molecule has 68 valence electrons. The first-order valence-electron chi connectivity index (χ1n) is 4.43. The molecule has 0 radical (unpaired) electrons. The fourth-order valence-electron chi connectivity index (χ4n) is 0.962. The van der Waals surface area contributed by atoms with E-state index in [1.54, 1.807) is 6.07 Å². The first-order chi connectivity index (χ1) is 6.27. The van der Waals surface area contributed by atoms with Gasteiger partial charge in [0, 0.05) is 0 Å². The van der Waals surface area contributed by atoms with Crippen LogP contribution in [0.15, 0.2) is 24.3 Å². The van der Waals surface area contributed by atoms with E-state index in [4.69, 9.17) is 10.00 Å². The Morgan fingerprint density at radius 1 is 1.46 bits per heavy atom. The summed E-state index contributed by atoms with van der Waals surface area (Å²) in [6.07, 6.45) is 1.11. The van der Waals surface area contributed by atoms with Crippen molar-refractivity contribution in [3.8, 4) is 11.8 Å². The van der Waals surface area contributed by atoms with Crippen LogP contribution in [0.2, 0.25) is 0 Å². The van der Waals surface area contributed by atoms with Crippen molar-refractivity contribution in [3.05, 3.63) is 29.8 Å². The smallest absolute Gasteiger partial charge is 0.137 e. The van der Waals surface area contributed by atoms with Gasteiger partial charge in [-0.15, -0.1) is 0 Å². The molecule has 1 rings (SSSR count). The Hall–Kier alpha value is -1.49. The summed E-state index contributed by atoms with van der Waals surface area (Å²) in [6.45, 7) is 4.05. The van der Waals surface area contributed by atoms with Crippen molar-refractivity contribution in [2.75, 3.05) is 0 Å². The van der Waals surface area contributed by atoms with E-state index in [1.165, 1.54) is 0 Å². The molecule has 0 aliphatic carbocycles. The summed E-state index contributed by atoms with van der Waals surface area (Å²) in [4.78, 5) is 0. The molecule has 0 aliphatic rings. The molecular weight excluding hydrogens is 162 g/mol. The molecule has 0 heterocycles. The van der Waals surface area contributed by atoms with Crippen LogP contribution in [0.5, 0.6) is 5.75 Å².